The third-order valence-electron chi connectivity index (χ3n) is 7.54. The number of ether oxygens (including phenoxy) is 1. The summed E-state index contributed by atoms with van der Waals surface area (Å²) in [5.74, 6) is -0.0217. The molecule has 7 heteroatoms. The van der Waals surface area contributed by atoms with E-state index < -0.39 is 5.97 Å². The molecule has 194 valence electrons. The first-order chi connectivity index (χ1) is 18.6. The normalized spacial score (nSPS) is 13.8. The predicted molar refractivity (Wildman–Crippen MR) is 150 cm³/mol. The summed E-state index contributed by atoms with van der Waals surface area (Å²) in [5, 5.41) is 24.9. The first-order valence-electron chi connectivity index (χ1n) is 13.4. The summed E-state index contributed by atoms with van der Waals surface area (Å²) in [6, 6.07) is 20.5. The number of para-hydroxylation sites is 1. The van der Waals surface area contributed by atoms with Crippen molar-refractivity contribution in [3.05, 3.63) is 83.3 Å². The summed E-state index contributed by atoms with van der Waals surface area (Å²) >= 11 is 0. The van der Waals surface area contributed by atoms with E-state index in [1.807, 2.05) is 41.8 Å². The molecular formula is C31H32N4O3. The number of aryl methyl sites for hydroxylation is 3. The van der Waals surface area contributed by atoms with Crippen molar-refractivity contribution in [3.63, 3.8) is 0 Å². The van der Waals surface area contributed by atoms with Crippen molar-refractivity contribution >= 4 is 27.6 Å². The van der Waals surface area contributed by atoms with Gasteiger partial charge in [0.15, 0.2) is 0 Å². The number of hydrogen-bond acceptors (Lipinski definition) is 4. The lowest BCUT2D eigenvalue weighted by atomic mass is 9.98. The molecule has 2 aromatic heterocycles. The van der Waals surface area contributed by atoms with Gasteiger partial charge >= 0.3 is 5.97 Å². The van der Waals surface area contributed by atoms with E-state index in [0.717, 1.165) is 74.9 Å². The quantitative estimate of drug-likeness (QED) is 0.242. The van der Waals surface area contributed by atoms with Crippen LogP contribution >= 0.6 is 0 Å². The molecule has 0 saturated carbocycles. The number of rotatable bonds is 6. The van der Waals surface area contributed by atoms with Gasteiger partial charge < -0.3 is 19.7 Å². The van der Waals surface area contributed by atoms with Crippen LogP contribution in [0.3, 0.4) is 0 Å². The Hall–Kier alpha value is -4.10. The van der Waals surface area contributed by atoms with Gasteiger partial charge in [-0.1, -0.05) is 54.6 Å². The van der Waals surface area contributed by atoms with Gasteiger partial charge in [-0.15, -0.1) is 0 Å². The molecule has 1 aliphatic rings. The van der Waals surface area contributed by atoms with Crippen molar-refractivity contribution in [2.24, 2.45) is 0 Å². The predicted octanol–water partition coefficient (Wildman–Crippen LogP) is 6.09. The fraction of sp³-hybridized carbons (Fsp3) is 0.290. The number of nitrogens with one attached hydrogen (secondary N) is 2. The van der Waals surface area contributed by atoms with Gasteiger partial charge in [0, 0.05) is 40.7 Å². The molecule has 0 bridgehead atoms. The molecule has 0 spiro atoms. The second-order valence-electron chi connectivity index (χ2n) is 9.97. The van der Waals surface area contributed by atoms with E-state index in [0.29, 0.717) is 38.2 Å². The van der Waals surface area contributed by atoms with Crippen molar-refractivity contribution < 1.29 is 14.6 Å². The number of nitrogens with zero attached hydrogens (tertiary/aromatic N) is 2. The Bertz CT molecular complexity index is 1630. The average molecular weight is 509 g/mol. The largest absolute Gasteiger partial charge is 0.493 e. The molecule has 0 saturated heterocycles. The van der Waals surface area contributed by atoms with Gasteiger partial charge in [0.1, 0.15) is 11.4 Å². The summed E-state index contributed by atoms with van der Waals surface area (Å²) in [7, 11) is 0. The van der Waals surface area contributed by atoms with Crippen molar-refractivity contribution in [2.75, 3.05) is 13.2 Å². The van der Waals surface area contributed by atoms with Crippen molar-refractivity contribution in [2.45, 2.75) is 45.7 Å². The van der Waals surface area contributed by atoms with Crippen LogP contribution in [0.2, 0.25) is 0 Å². The van der Waals surface area contributed by atoms with Gasteiger partial charge in [-0.25, -0.2) is 4.79 Å². The topological polar surface area (TPSA) is 92.2 Å². The highest BCUT2D eigenvalue weighted by molar-refractivity contribution is 6.04. The number of benzene rings is 3. The highest BCUT2D eigenvalue weighted by atomic mass is 16.5. The number of fused-ring (bicyclic) bond motifs is 3. The maximum absolute atomic E-state index is 12.7. The number of aromatic carboxylic acids is 1. The molecule has 0 aliphatic carbocycles. The molecule has 3 aromatic carbocycles. The number of carboxylic acid groups (broad SMARTS) is 1. The summed E-state index contributed by atoms with van der Waals surface area (Å²) in [4.78, 5) is 12.7. The molecule has 0 amide bonds. The number of H-pyrrole nitrogens is 1. The number of carbonyl (C=O) groups is 1. The fourth-order valence-corrected chi connectivity index (χ4v) is 5.85. The average Bonchev–Trinajstić information content (AvgIpc) is 3.44. The Labute approximate surface area is 221 Å². The second-order valence-corrected chi connectivity index (χ2v) is 9.97. The lowest BCUT2D eigenvalue weighted by molar-refractivity contribution is 0.0684. The van der Waals surface area contributed by atoms with Crippen molar-refractivity contribution in [1.29, 1.82) is 0 Å². The minimum atomic E-state index is -0.880. The van der Waals surface area contributed by atoms with Gasteiger partial charge in [0.05, 0.1) is 17.8 Å². The van der Waals surface area contributed by atoms with E-state index in [-0.39, 0.29) is 0 Å². The minimum Gasteiger partial charge on any atom is -0.493 e. The molecule has 7 nitrogen and oxygen atoms in total. The lowest BCUT2D eigenvalue weighted by Gasteiger charge is -2.12. The van der Waals surface area contributed by atoms with E-state index in [2.05, 4.69) is 45.8 Å². The molecule has 0 unspecified atom stereocenters. The molecule has 0 atom stereocenters. The van der Waals surface area contributed by atoms with Crippen LogP contribution in [-0.4, -0.2) is 39.0 Å². The molecule has 0 radical (unpaired) electrons. The Balaban J connectivity index is 1.38. The zero-order valence-corrected chi connectivity index (χ0v) is 21.6. The first-order valence-corrected chi connectivity index (χ1v) is 13.4. The number of aromatic amines is 1. The fourth-order valence-electron chi connectivity index (χ4n) is 5.85. The molecule has 5 aromatic rings. The smallest absolute Gasteiger partial charge is 0.352 e. The third-order valence-corrected chi connectivity index (χ3v) is 7.54. The summed E-state index contributed by atoms with van der Waals surface area (Å²) in [6.07, 6.45) is 3.20. The van der Waals surface area contributed by atoms with Crippen LogP contribution in [-0.2, 0) is 19.5 Å². The number of carboxylic acids is 1. The van der Waals surface area contributed by atoms with Crippen LogP contribution in [0.25, 0.3) is 32.8 Å². The van der Waals surface area contributed by atoms with Crippen LogP contribution in [0, 0.1) is 6.92 Å². The molecule has 38 heavy (non-hydrogen) atoms. The maximum atomic E-state index is 12.7. The van der Waals surface area contributed by atoms with Crippen molar-refractivity contribution in [3.8, 4) is 16.9 Å². The van der Waals surface area contributed by atoms with Gasteiger partial charge in [-0.05, 0) is 56.2 Å². The summed E-state index contributed by atoms with van der Waals surface area (Å²) < 4.78 is 8.22. The van der Waals surface area contributed by atoms with Gasteiger partial charge in [0.2, 0.25) is 0 Å². The molecule has 6 rings (SSSR count). The highest BCUT2D eigenvalue weighted by Gasteiger charge is 2.26. The van der Waals surface area contributed by atoms with Crippen LogP contribution < -0.4 is 10.1 Å². The Morgan fingerprint density at radius 3 is 2.76 bits per heavy atom. The zero-order valence-electron chi connectivity index (χ0n) is 21.6. The summed E-state index contributed by atoms with van der Waals surface area (Å²) in [6.45, 7) is 4.75. The monoisotopic (exact) mass is 508 g/mol. The zero-order chi connectivity index (χ0) is 26.1. The highest BCUT2D eigenvalue weighted by Crippen LogP contribution is 2.38. The standard InChI is InChI=1S/C31H32N4O3/c1-20-28-25-13-7-12-23-24(14-8-18-38-27-15-6-10-21-9-2-3-11-22(21)27)30(31(36)37)35(29(23)25)17-5-4-16-32-19-26(28)34-33-20/h2-3,6-7,9-13,15,32H,4-5,8,14,16-19H2,1H3,(H,33,34)(H,36,37). The maximum Gasteiger partial charge on any atom is 0.352 e. The Kier molecular flexibility index (Phi) is 6.60. The van der Waals surface area contributed by atoms with Crippen LogP contribution in [0.1, 0.15) is 46.7 Å². The molecule has 3 N–H and O–H groups in total. The number of aromatic nitrogens is 3. The van der Waals surface area contributed by atoms with Crippen molar-refractivity contribution in [1.82, 2.24) is 20.1 Å². The van der Waals surface area contributed by atoms with E-state index in [9.17, 15) is 9.90 Å². The van der Waals surface area contributed by atoms with Gasteiger partial charge in [0.25, 0.3) is 0 Å². The van der Waals surface area contributed by atoms with Crippen LogP contribution in [0.15, 0.2) is 60.7 Å². The number of hydrogen-bond donors (Lipinski definition) is 3. The van der Waals surface area contributed by atoms with Gasteiger partial charge in [-0.2, -0.15) is 5.10 Å². The minimum absolute atomic E-state index is 0.396. The van der Waals surface area contributed by atoms with E-state index in [1.54, 1.807) is 0 Å². The Morgan fingerprint density at radius 2 is 1.87 bits per heavy atom. The van der Waals surface area contributed by atoms with E-state index >= 15 is 0 Å². The molecule has 3 heterocycles. The second kappa shape index (κ2) is 10.3. The van der Waals surface area contributed by atoms with E-state index in [4.69, 9.17) is 4.74 Å². The SMILES string of the molecule is Cc1[nH]nc2c1-c1cccc3c(CCCOc4cccc5ccccc45)c(C(=O)O)n(c13)CCCCNC2. The van der Waals surface area contributed by atoms with Gasteiger partial charge in [-0.3, -0.25) is 5.10 Å². The van der Waals surface area contributed by atoms with E-state index in [1.165, 1.54) is 0 Å². The molecule has 1 aliphatic heterocycles. The van der Waals surface area contributed by atoms with Crippen LogP contribution in [0.4, 0.5) is 0 Å². The Morgan fingerprint density at radius 1 is 1.05 bits per heavy atom. The summed E-state index contributed by atoms with van der Waals surface area (Å²) in [5.41, 5.74) is 6.32. The van der Waals surface area contributed by atoms with Crippen LogP contribution in [0.5, 0.6) is 5.75 Å². The lowest BCUT2D eigenvalue weighted by Crippen LogP contribution is -2.16. The molecule has 0 fully saturated rings. The molecular weight excluding hydrogens is 476 g/mol. The third kappa shape index (κ3) is 4.33. The first kappa shape index (κ1) is 24.2.